The number of hydrogen-bond acceptors (Lipinski definition) is 14. The summed E-state index contributed by atoms with van der Waals surface area (Å²) in [4.78, 5) is 69.1. The van der Waals surface area contributed by atoms with Crippen LogP contribution in [0.2, 0.25) is 16.6 Å². The molecule has 2 fully saturated rings. The Labute approximate surface area is 476 Å². The molecule has 0 bridgehead atoms. The molecule has 0 aliphatic carbocycles. The number of piperazine rings is 2. The van der Waals surface area contributed by atoms with Crippen molar-refractivity contribution in [3.05, 3.63) is 130 Å². The Morgan fingerprint density at radius 3 is 1.35 bits per heavy atom. The Morgan fingerprint density at radius 1 is 0.573 bits per heavy atom. The minimum Gasteiger partial charge on any atom is -0.541 e. The number of phenols is 1. The van der Waals surface area contributed by atoms with Crippen molar-refractivity contribution in [3.8, 4) is 23.0 Å². The first-order valence-corrected chi connectivity index (χ1v) is 32.8. The number of benzene rings is 4. The zero-order valence-electron chi connectivity index (χ0n) is 46.9. The lowest BCUT2D eigenvalue weighted by molar-refractivity contribution is 0.0757. The Kier molecular flexibility index (Phi) is 17.0. The third-order valence-corrected chi connectivity index (χ3v) is 24.3. The normalized spacial score (nSPS) is 16.3. The minimum absolute atomic E-state index is 0.00741. The number of aromatic hydroxyl groups is 1. The number of carbonyl (C=O) groups excluding carboxylic acids is 4. The Hall–Kier alpha value is -7.32. The van der Waals surface area contributed by atoms with E-state index in [1.165, 1.54) is 53.8 Å². The van der Waals surface area contributed by atoms with Crippen molar-refractivity contribution >= 4 is 74.2 Å². The fourth-order valence-electron chi connectivity index (χ4n) is 11.7. The number of aromatic nitrogens is 2. The first-order chi connectivity index (χ1) is 38.8. The van der Waals surface area contributed by atoms with Crippen molar-refractivity contribution in [1.82, 2.24) is 38.2 Å². The third-order valence-electron chi connectivity index (χ3n) is 15.7. The highest BCUT2D eigenvalue weighted by atomic mass is 32.2. The summed E-state index contributed by atoms with van der Waals surface area (Å²) in [6, 6.07) is 18.6. The van der Waals surface area contributed by atoms with Crippen molar-refractivity contribution in [1.29, 1.82) is 0 Å². The van der Waals surface area contributed by atoms with E-state index in [4.69, 9.17) is 18.9 Å². The van der Waals surface area contributed by atoms with Gasteiger partial charge >= 0.3 is 12.2 Å². The van der Waals surface area contributed by atoms with Crippen molar-refractivity contribution < 1.29 is 63.8 Å². The number of carbonyl (C=O) groups is 4. The first kappa shape index (κ1) is 59.3. The second-order valence-electron chi connectivity index (χ2n) is 21.9. The fraction of sp³-hybridized carbons (Fsp3) is 0.404. The highest BCUT2D eigenvalue weighted by molar-refractivity contribution is 7.88. The van der Waals surface area contributed by atoms with Crippen LogP contribution in [0.3, 0.4) is 0 Å². The molecular formula is C57H66F2N8O12S2Si. The molecule has 4 aliphatic heterocycles. The number of nitrogens with zero attached hydrogens (tertiary/aromatic N) is 8. The number of phenolic OH excluding ortho intramolecular Hbond substituents is 1. The van der Waals surface area contributed by atoms with E-state index in [-0.39, 0.29) is 135 Å². The summed E-state index contributed by atoms with van der Waals surface area (Å²) in [5, 5.41) is 11.8. The van der Waals surface area contributed by atoms with Gasteiger partial charge in [-0.2, -0.15) is 8.61 Å². The molecule has 20 nitrogen and oxygen atoms in total. The second kappa shape index (κ2) is 23.5. The number of ether oxygens (including phenoxy) is 2. The van der Waals surface area contributed by atoms with E-state index >= 15 is 0 Å². The summed E-state index contributed by atoms with van der Waals surface area (Å²) < 4.78 is 96.3. The van der Waals surface area contributed by atoms with Gasteiger partial charge in [0.1, 0.15) is 39.9 Å². The average Bonchev–Trinajstić information content (AvgIpc) is 2.12. The van der Waals surface area contributed by atoms with Crippen LogP contribution in [-0.2, 0) is 46.2 Å². The SMILES string of the molecule is CC(C)[Si](Oc1c2c(c(OC(=O)N3CCN(S(C)(=O)=O)CC3)c3cccnc13)CN(Cc1ccc(F)cc1)C2=O)(C(C)C)C(C)C.CS(=O)(=O)N1CCN(C(=O)Oc2c3c(c(O)c4ncccc24)C(=O)N(Cc2ccc(F)cc2)C3)CC1. The molecule has 0 spiro atoms. The molecule has 1 N–H and O–H groups in total. The molecule has 25 heteroatoms. The third kappa shape index (κ3) is 11.8. The van der Waals surface area contributed by atoms with Crippen LogP contribution >= 0.6 is 0 Å². The predicted molar refractivity (Wildman–Crippen MR) is 305 cm³/mol. The maximum Gasteiger partial charge on any atom is 0.415 e. The molecule has 0 saturated carbocycles. The molecule has 0 atom stereocenters. The van der Waals surface area contributed by atoms with E-state index in [0.717, 1.165) is 18.1 Å². The van der Waals surface area contributed by atoms with Crippen LogP contribution in [0.15, 0.2) is 85.2 Å². The van der Waals surface area contributed by atoms with Gasteiger partial charge in [-0.15, -0.1) is 0 Å². The molecular weight excluding hydrogens is 1120 g/mol. The molecule has 4 aliphatic rings. The quantitative estimate of drug-likeness (QED) is 0.107. The summed E-state index contributed by atoms with van der Waals surface area (Å²) in [7, 11) is -9.32. The van der Waals surface area contributed by atoms with E-state index in [0.29, 0.717) is 44.3 Å². The van der Waals surface area contributed by atoms with Crippen molar-refractivity contribution in [2.24, 2.45) is 0 Å². The van der Waals surface area contributed by atoms with Crippen molar-refractivity contribution in [2.75, 3.05) is 64.9 Å². The van der Waals surface area contributed by atoms with Crippen molar-refractivity contribution in [2.45, 2.75) is 84.3 Å². The highest BCUT2D eigenvalue weighted by Crippen LogP contribution is 2.50. The molecule has 6 aromatic rings. The molecule has 10 rings (SSSR count). The maximum atomic E-state index is 14.3. The van der Waals surface area contributed by atoms with E-state index in [9.17, 15) is 49.9 Å². The predicted octanol–water partition coefficient (Wildman–Crippen LogP) is 8.47. The van der Waals surface area contributed by atoms with Gasteiger partial charge in [0.05, 0.1) is 36.7 Å². The number of hydrogen-bond donors (Lipinski definition) is 1. The molecule has 2 aromatic heterocycles. The van der Waals surface area contributed by atoms with Crippen LogP contribution in [0.1, 0.15) is 84.5 Å². The average molecular weight is 1190 g/mol. The fourth-order valence-corrected chi connectivity index (χ4v) is 18.6. The standard InChI is InChI=1S/C33H43FN4O6SSi.C24H23FN4O6S/c1-21(2)46(22(3)4,23(5)6)44-31-28-27(20-37(32(28)39)19-24-10-12-25(34)13-11-24)30(26-9-8-14-35-29(26)31)43-33(40)36-15-17-38(18-16-36)45(7,41)42;1-36(33,34)29-11-9-27(10-12-29)24(32)35-22-17-3-2-8-26-20(17)21(30)19-18(22)14-28(23(19)31)13-15-4-6-16(25)7-5-15/h8-14,21-23H,15-20H2,1-7H3;2-8,30H,9-14H2,1H3. The van der Waals surface area contributed by atoms with Crippen LogP contribution in [0.25, 0.3) is 21.8 Å². The van der Waals surface area contributed by atoms with Crippen LogP contribution in [-0.4, -0.2) is 157 Å². The Morgan fingerprint density at radius 2 is 0.951 bits per heavy atom. The van der Waals surface area contributed by atoms with Gasteiger partial charge in [-0.3, -0.25) is 19.6 Å². The monoisotopic (exact) mass is 1180 g/mol. The first-order valence-electron chi connectivity index (χ1n) is 26.9. The highest BCUT2D eigenvalue weighted by Gasteiger charge is 2.49. The molecule has 0 radical (unpaired) electrons. The second-order valence-corrected chi connectivity index (χ2v) is 31.2. The van der Waals surface area contributed by atoms with Crippen LogP contribution in [0.4, 0.5) is 18.4 Å². The lowest BCUT2D eigenvalue weighted by atomic mass is 10.0. The largest absolute Gasteiger partial charge is 0.541 e. The van der Waals surface area contributed by atoms with Gasteiger partial charge in [0, 0.05) is 99.7 Å². The molecule has 0 unspecified atom stereocenters. The summed E-state index contributed by atoms with van der Waals surface area (Å²) >= 11 is 0. The summed E-state index contributed by atoms with van der Waals surface area (Å²) in [5.41, 5.74) is 3.90. The summed E-state index contributed by atoms with van der Waals surface area (Å²) in [6.45, 7) is 14.9. The number of sulfonamides is 2. The van der Waals surface area contributed by atoms with Crippen LogP contribution < -0.4 is 13.9 Å². The Bertz CT molecular complexity index is 3670. The number of halogens is 2. The zero-order chi connectivity index (χ0) is 59.2. The van der Waals surface area contributed by atoms with Gasteiger partial charge in [-0.25, -0.2) is 35.2 Å². The molecule has 436 valence electrons. The van der Waals surface area contributed by atoms with Gasteiger partial charge in [0.15, 0.2) is 5.75 Å². The molecule has 6 heterocycles. The van der Waals surface area contributed by atoms with Gasteiger partial charge < -0.3 is 38.6 Å². The Balaban J connectivity index is 0.000000203. The van der Waals surface area contributed by atoms with E-state index in [2.05, 4.69) is 46.5 Å². The zero-order valence-corrected chi connectivity index (χ0v) is 49.5. The summed E-state index contributed by atoms with van der Waals surface area (Å²) in [5.74, 6) is -1.01. The number of amides is 4. The van der Waals surface area contributed by atoms with Gasteiger partial charge in [0.2, 0.25) is 20.0 Å². The van der Waals surface area contributed by atoms with Crippen LogP contribution in [0, 0.1) is 11.6 Å². The van der Waals surface area contributed by atoms with Crippen molar-refractivity contribution in [3.63, 3.8) is 0 Å². The number of rotatable bonds is 13. The molecule has 82 heavy (non-hydrogen) atoms. The lowest BCUT2D eigenvalue weighted by Crippen LogP contribution is -2.51. The van der Waals surface area contributed by atoms with E-state index in [1.807, 2.05) is 6.07 Å². The smallest absolute Gasteiger partial charge is 0.415 e. The number of pyridine rings is 2. The molecule has 4 amide bonds. The van der Waals surface area contributed by atoms with E-state index in [1.54, 1.807) is 53.6 Å². The maximum absolute atomic E-state index is 14.3. The minimum atomic E-state index is -3.38. The molecule has 4 aromatic carbocycles. The number of fused-ring (bicyclic) bond motifs is 4. The topological polar surface area (TPSA) is 230 Å². The van der Waals surface area contributed by atoms with Gasteiger partial charge in [-0.1, -0.05) is 65.8 Å². The summed E-state index contributed by atoms with van der Waals surface area (Å²) in [6.07, 6.45) is 4.04. The van der Waals surface area contributed by atoms with E-state index < -0.39 is 52.3 Å². The lowest BCUT2D eigenvalue weighted by Gasteiger charge is -2.42. The van der Waals surface area contributed by atoms with Gasteiger partial charge in [0.25, 0.3) is 20.1 Å². The van der Waals surface area contributed by atoms with Crippen LogP contribution in [0.5, 0.6) is 23.0 Å². The van der Waals surface area contributed by atoms with Gasteiger partial charge in [-0.05, 0) is 76.3 Å². The molecule has 2 saturated heterocycles.